The Morgan fingerprint density at radius 3 is 2.13 bits per heavy atom. The number of halogens is 2. The molecular weight excluding hydrogens is 228 g/mol. The maximum atomic E-state index is 12.2. The second-order valence-corrected chi connectivity index (χ2v) is 5.24. The van der Waals surface area contributed by atoms with Gasteiger partial charge < -0.3 is 5.73 Å². The second kappa shape index (κ2) is 5.15. The minimum Gasteiger partial charge on any atom is -0.329 e. The van der Waals surface area contributed by atoms with Crippen LogP contribution in [0, 0.1) is 0 Å². The normalized spacial score (nSPS) is 21.1. The molecule has 0 amide bonds. The van der Waals surface area contributed by atoms with Crippen molar-refractivity contribution in [2.45, 2.75) is 5.76 Å². The Bertz CT molecular complexity index is 289. The smallest absolute Gasteiger partial charge is 0.329 e. The summed E-state index contributed by atoms with van der Waals surface area (Å²) in [6.07, 6.45) is 0. The lowest BCUT2D eigenvalue weighted by molar-refractivity contribution is 0.172. The van der Waals surface area contributed by atoms with Gasteiger partial charge in [-0.2, -0.15) is 13.1 Å². The van der Waals surface area contributed by atoms with E-state index in [1.807, 2.05) is 4.90 Å². The van der Waals surface area contributed by atoms with Crippen molar-refractivity contribution < 1.29 is 17.2 Å². The van der Waals surface area contributed by atoms with Crippen LogP contribution in [-0.4, -0.2) is 62.6 Å². The average Bonchev–Trinajstić information content (AvgIpc) is 2.19. The van der Waals surface area contributed by atoms with Crippen LogP contribution in [-0.2, 0) is 10.0 Å². The van der Waals surface area contributed by atoms with E-state index < -0.39 is 15.8 Å². The zero-order valence-corrected chi connectivity index (χ0v) is 9.09. The van der Waals surface area contributed by atoms with Crippen molar-refractivity contribution in [3.05, 3.63) is 0 Å². The molecule has 5 nitrogen and oxygen atoms in total. The Balaban J connectivity index is 2.51. The van der Waals surface area contributed by atoms with E-state index in [2.05, 4.69) is 0 Å². The van der Waals surface area contributed by atoms with Crippen molar-refractivity contribution in [3.8, 4) is 0 Å². The fourth-order valence-corrected chi connectivity index (χ4v) is 2.40. The highest BCUT2D eigenvalue weighted by molar-refractivity contribution is 7.89. The third kappa shape index (κ3) is 3.07. The van der Waals surface area contributed by atoms with Gasteiger partial charge in [0, 0.05) is 39.3 Å². The Hall–Kier alpha value is -0.310. The first kappa shape index (κ1) is 12.8. The first-order valence-corrected chi connectivity index (χ1v) is 6.18. The number of nitrogens with two attached hydrogens (primary N) is 1. The molecule has 90 valence electrons. The van der Waals surface area contributed by atoms with Gasteiger partial charge in [0.1, 0.15) is 0 Å². The molecule has 1 aliphatic rings. The van der Waals surface area contributed by atoms with Crippen LogP contribution >= 0.6 is 0 Å². The van der Waals surface area contributed by atoms with Gasteiger partial charge in [0.25, 0.3) is 10.0 Å². The molecule has 1 aliphatic heterocycles. The summed E-state index contributed by atoms with van der Waals surface area (Å²) in [5, 5.41) is 0. The number of hydrogen-bond acceptors (Lipinski definition) is 4. The summed E-state index contributed by atoms with van der Waals surface area (Å²) in [5.41, 5.74) is 5.33. The average molecular weight is 243 g/mol. The Morgan fingerprint density at radius 2 is 1.73 bits per heavy atom. The van der Waals surface area contributed by atoms with Crippen LogP contribution in [0.5, 0.6) is 0 Å². The van der Waals surface area contributed by atoms with Gasteiger partial charge in [-0.1, -0.05) is 0 Å². The molecule has 1 saturated heterocycles. The zero-order chi connectivity index (χ0) is 11.5. The maximum absolute atomic E-state index is 12.2. The van der Waals surface area contributed by atoms with Crippen molar-refractivity contribution in [2.24, 2.45) is 5.73 Å². The predicted molar refractivity (Wildman–Crippen MR) is 52.0 cm³/mol. The third-order valence-corrected chi connectivity index (χ3v) is 3.90. The van der Waals surface area contributed by atoms with Gasteiger partial charge in [0.2, 0.25) is 0 Å². The van der Waals surface area contributed by atoms with Crippen molar-refractivity contribution in [1.82, 2.24) is 9.21 Å². The van der Waals surface area contributed by atoms with Crippen LogP contribution in [0.15, 0.2) is 0 Å². The van der Waals surface area contributed by atoms with Gasteiger partial charge in [0.15, 0.2) is 0 Å². The summed E-state index contributed by atoms with van der Waals surface area (Å²) in [4.78, 5) is 1.96. The lowest BCUT2D eigenvalue weighted by Gasteiger charge is -2.33. The molecule has 0 bridgehead atoms. The lowest BCUT2D eigenvalue weighted by Crippen LogP contribution is -2.50. The molecular formula is C7H15F2N3O2S. The maximum Gasteiger partial charge on any atom is 0.350 e. The van der Waals surface area contributed by atoms with E-state index in [0.717, 1.165) is 4.31 Å². The van der Waals surface area contributed by atoms with Gasteiger partial charge in [-0.25, -0.2) is 8.42 Å². The first-order chi connectivity index (χ1) is 6.98. The molecule has 1 heterocycles. The van der Waals surface area contributed by atoms with E-state index in [9.17, 15) is 17.2 Å². The topological polar surface area (TPSA) is 66.6 Å². The van der Waals surface area contributed by atoms with E-state index in [0.29, 0.717) is 26.2 Å². The molecule has 0 saturated carbocycles. The van der Waals surface area contributed by atoms with E-state index in [4.69, 9.17) is 5.73 Å². The molecule has 2 N–H and O–H groups in total. The van der Waals surface area contributed by atoms with Crippen molar-refractivity contribution >= 4 is 10.0 Å². The number of rotatable bonds is 4. The Labute approximate surface area is 87.9 Å². The lowest BCUT2D eigenvalue weighted by atomic mass is 10.3. The van der Waals surface area contributed by atoms with E-state index in [1.165, 1.54) is 0 Å². The fourth-order valence-electron chi connectivity index (χ4n) is 1.50. The third-order valence-electron chi connectivity index (χ3n) is 2.36. The van der Waals surface area contributed by atoms with Crippen LogP contribution in [0.1, 0.15) is 0 Å². The zero-order valence-electron chi connectivity index (χ0n) is 8.27. The van der Waals surface area contributed by atoms with Crippen LogP contribution < -0.4 is 5.73 Å². The number of sulfonamides is 1. The first-order valence-electron chi connectivity index (χ1n) is 4.68. The Kier molecular flexibility index (Phi) is 4.38. The molecule has 1 fully saturated rings. The minimum atomic E-state index is -4.40. The van der Waals surface area contributed by atoms with Gasteiger partial charge in [0.05, 0.1) is 0 Å². The Morgan fingerprint density at radius 1 is 1.20 bits per heavy atom. The van der Waals surface area contributed by atoms with Gasteiger partial charge in [-0.3, -0.25) is 4.90 Å². The second-order valence-electron chi connectivity index (χ2n) is 3.33. The molecule has 1 rings (SSSR count). The van der Waals surface area contributed by atoms with E-state index in [1.54, 1.807) is 0 Å². The van der Waals surface area contributed by atoms with Crippen LogP contribution in [0.3, 0.4) is 0 Å². The molecule has 0 spiro atoms. The van der Waals surface area contributed by atoms with Crippen molar-refractivity contribution in [2.75, 3.05) is 39.3 Å². The molecule has 0 radical (unpaired) electrons. The number of hydrogen-bond donors (Lipinski definition) is 1. The molecule has 0 aromatic heterocycles. The van der Waals surface area contributed by atoms with Gasteiger partial charge in [-0.05, 0) is 0 Å². The molecule has 15 heavy (non-hydrogen) atoms. The highest BCUT2D eigenvalue weighted by Crippen LogP contribution is 2.14. The molecule has 8 heteroatoms. The summed E-state index contributed by atoms with van der Waals surface area (Å²) in [6.45, 7) is 2.32. The quantitative estimate of drug-likeness (QED) is 0.696. The summed E-state index contributed by atoms with van der Waals surface area (Å²) in [7, 11) is -4.40. The molecule has 0 aromatic carbocycles. The number of nitrogens with zero attached hydrogens (tertiary/aromatic N) is 2. The van der Waals surface area contributed by atoms with Gasteiger partial charge in [-0.15, -0.1) is 0 Å². The van der Waals surface area contributed by atoms with Crippen molar-refractivity contribution in [3.63, 3.8) is 0 Å². The van der Waals surface area contributed by atoms with Crippen LogP contribution in [0.4, 0.5) is 8.78 Å². The number of piperazine rings is 1. The highest BCUT2D eigenvalue weighted by atomic mass is 32.2. The SMILES string of the molecule is NCCN1CCN(S(=O)(=O)C(F)F)CC1. The van der Waals surface area contributed by atoms with Crippen LogP contribution in [0.2, 0.25) is 0 Å². The minimum absolute atomic E-state index is 0.118. The van der Waals surface area contributed by atoms with E-state index in [-0.39, 0.29) is 13.1 Å². The highest BCUT2D eigenvalue weighted by Gasteiger charge is 2.33. The molecule has 0 unspecified atom stereocenters. The molecule has 0 atom stereocenters. The van der Waals surface area contributed by atoms with Crippen LogP contribution in [0.25, 0.3) is 0 Å². The predicted octanol–water partition coefficient (Wildman–Crippen LogP) is -0.885. The summed E-state index contributed by atoms with van der Waals surface area (Å²) < 4.78 is 47.4. The van der Waals surface area contributed by atoms with Gasteiger partial charge >= 0.3 is 5.76 Å². The molecule has 0 aliphatic carbocycles. The fraction of sp³-hybridized carbons (Fsp3) is 1.00. The largest absolute Gasteiger partial charge is 0.350 e. The standard InChI is InChI=1S/C7H15F2N3O2S/c8-7(9)15(13,14)12-5-3-11(2-1-10)4-6-12/h7H,1-6,10H2. The summed E-state index contributed by atoms with van der Waals surface area (Å²) in [5.74, 6) is -3.32. The summed E-state index contributed by atoms with van der Waals surface area (Å²) >= 11 is 0. The number of alkyl halides is 2. The van der Waals surface area contributed by atoms with E-state index >= 15 is 0 Å². The van der Waals surface area contributed by atoms with Crippen molar-refractivity contribution in [1.29, 1.82) is 0 Å². The summed E-state index contributed by atoms with van der Waals surface area (Å²) in [6, 6.07) is 0. The monoisotopic (exact) mass is 243 g/mol. The molecule has 0 aromatic rings.